The zero-order valence-electron chi connectivity index (χ0n) is 9.72. The van der Waals surface area contributed by atoms with Gasteiger partial charge >= 0.3 is 15.6 Å². The summed E-state index contributed by atoms with van der Waals surface area (Å²) in [4.78, 5) is 10.8. The van der Waals surface area contributed by atoms with Crippen molar-refractivity contribution in [3.63, 3.8) is 0 Å². The topological polar surface area (TPSA) is 60.4 Å². The Kier molecular flexibility index (Phi) is 3.43. The van der Waals surface area contributed by atoms with E-state index in [9.17, 15) is 26.4 Å². The van der Waals surface area contributed by atoms with Crippen LogP contribution in [0.15, 0.2) is 36.4 Å². The Labute approximate surface area is 111 Å². The average molecular weight is 304 g/mol. The van der Waals surface area contributed by atoms with Gasteiger partial charge in [0.05, 0.1) is 0 Å². The van der Waals surface area contributed by atoms with Gasteiger partial charge in [-0.15, -0.1) is 0 Å². The molecule has 106 valence electrons. The highest BCUT2D eigenvalue weighted by atomic mass is 32.2. The van der Waals surface area contributed by atoms with Crippen LogP contribution in [-0.2, 0) is 10.1 Å². The van der Waals surface area contributed by atoms with Crippen LogP contribution in [0.3, 0.4) is 0 Å². The fourth-order valence-electron chi connectivity index (χ4n) is 1.64. The smallest absolute Gasteiger partial charge is 0.375 e. The van der Waals surface area contributed by atoms with Crippen LogP contribution in [0.1, 0.15) is 10.4 Å². The van der Waals surface area contributed by atoms with Gasteiger partial charge in [0, 0.05) is 10.9 Å². The maximum absolute atomic E-state index is 12.3. The van der Waals surface area contributed by atoms with Crippen molar-refractivity contribution >= 4 is 27.2 Å². The van der Waals surface area contributed by atoms with E-state index in [0.717, 1.165) is 6.07 Å². The second kappa shape index (κ2) is 4.78. The van der Waals surface area contributed by atoms with Crippen molar-refractivity contribution in [2.45, 2.75) is 5.51 Å². The molecule has 0 fully saturated rings. The minimum Gasteiger partial charge on any atom is -0.375 e. The summed E-state index contributed by atoms with van der Waals surface area (Å²) >= 11 is 0. The van der Waals surface area contributed by atoms with Gasteiger partial charge in [0.15, 0.2) is 12.0 Å². The van der Waals surface area contributed by atoms with E-state index in [2.05, 4.69) is 4.18 Å². The standard InChI is InChI=1S/C12H7F3O4S/c13-12(14,15)20(17,18)19-11-6-5-8(7-16)9-3-1-2-4-10(9)11/h1-7H. The maximum atomic E-state index is 12.3. The quantitative estimate of drug-likeness (QED) is 0.497. The van der Waals surface area contributed by atoms with E-state index in [1.54, 1.807) is 6.07 Å². The number of hydrogen-bond donors (Lipinski definition) is 0. The lowest BCUT2D eigenvalue weighted by atomic mass is 10.0. The van der Waals surface area contributed by atoms with Crippen LogP contribution in [0.25, 0.3) is 10.8 Å². The summed E-state index contributed by atoms with van der Waals surface area (Å²) in [6.45, 7) is 0. The fourth-order valence-corrected chi connectivity index (χ4v) is 2.11. The first-order valence-corrected chi connectivity index (χ1v) is 6.65. The van der Waals surface area contributed by atoms with Crippen molar-refractivity contribution in [1.29, 1.82) is 0 Å². The molecule has 0 amide bonds. The van der Waals surface area contributed by atoms with Crippen molar-refractivity contribution in [3.05, 3.63) is 42.0 Å². The molecule has 0 saturated carbocycles. The van der Waals surface area contributed by atoms with E-state index in [-0.39, 0.29) is 10.9 Å². The molecular weight excluding hydrogens is 297 g/mol. The van der Waals surface area contributed by atoms with Crippen molar-refractivity contribution < 1.29 is 30.6 Å². The van der Waals surface area contributed by atoms with E-state index in [1.165, 1.54) is 24.3 Å². The van der Waals surface area contributed by atoms with Gasteiger partial charge in [-0.05, 0) is 17.5 Å². The number of aldehydes is 1. The molecule has 2 aromatic carbocycles. The molecule has 0 aliphatic heterocycles. The Morgan fingerprint density at radius 1 is 1.00 bits per heavy atom. The monoisotopic (exact) mass is 304 g/mol. The minimum absolute atomic E-state index is 0.102. The summed E-state index contributed by atoms with van der Waals surface area (Å²) in [6.07, 6.45) is 0.518. The van der Waals surface area contributed by atoms with Crippen LogP contribution in [0.2, 0.25) is 0 Å². The zero-order valence-corrected chi connectivity index (χ0v) is 10.5. The van der Waals surface area contributed by atoms with Gasteiger partial charge in [-0.3, -0.25) is 4.79 Å². The van der Waals surface area contributed by atoms with Crippen LogP contribution >= 0.6 is 0 Å². The molecule has 0 N–H and O–H groups in total. The molecule has 0 unspecified atom stereocenters. The summed E-state index contributed by atoms with van der Waals surface area (Å²) in [5.41, 5.74) is -5.30. The fraction of sp³-hybridized carbons (Fsp3) is 0.0833. The third-order valence-corrected chi connectivity index (χ3v) is 3.49. The Hall–Kier alpha value is -2.09. The molecule has 0 radical (unpaired) electrons. The van der Waals surface area contributed by atoms with Gasteiger partial charge in [-0.2, -0.15) is 21.6 Å². The predicted octanol–water partition coefficient (Wildman–Crippen LogP) is 2.88. The van der Waals surface area contributed by atoms with Crippen molar-refractivity contribution in [2.24, 2.45) is 0 Å². The van der Waals surface area contributed by atoms with Crippen LogP contribution in [0.5, 0.6) is 5.75 Å². The number of benzene rings is 2. The largest absolute Gasteiger partial charge is 0.534 e. The second-order valence-corrected chi connectivity index (χ2v) is 5.34. The number of alkyl halides is 3. The average Bonchev–Trinajstić information content (AvgIpc) is 2.37. The van der Waals surface area contributed by atoms with Crippen LogP contribution in [-0.4, -0.2) is 20.2 Å². The van der Waals surface area contributed by atoms with E-state index in [0.29, 0.717) is 11.7 Å². The lowest BCUT2D eigenvalue weighted by Gasteiger charge is -2.12. The highest BCUT2D eigenvalue weighted by Crippen LogP contribution is 2.32. The molecular formula is C12H7F3O4S. The van der Waals surface area contributed by atoms with E-state index < -0.39 is 21.4 Å². The summed E-state index contributed by atoms with van der Waals surface area (Å²) < 4.78 is 63.0. The first-order valence-electron chi connectivity index (χ1n) is 5.24. The summed E-state index contributed by atoms with van der Waals surface area (Å²) in [6, 6.07) is 8.10. The first kappa shape index (κ1) is 14.3. The molecule has 0 spiro atoms. The normalized spacial score (nSPS) is 12.3. The highest BCUT2D eigenvalue weighted by molar-refractivity contribution is 7.88. The summed E-state index contributed by atoms with van der Waals surface area (Å²) in [5, 5.41) is 0.405. The van der Waals surface area contributed by atoms with Gasteiger partial charge < -0.3 is 4.18 Å². The van der Waals surface area contributed by atoms with Gasteiger partial charge in [-0.1, -0.05) is 24.3 Å². The molecule has 2 rings (SSSR count). The molecule has 0 aliphatic rings. The van der Waals surface area contributed by atoms with Crippen molar-refractivity contribution in [3.8, 4) is 5.75 Å². The second-order valence-electron chi connectivity index (χ2n) is 3.80. The van der Waals surface area contributed by atoms with E-state index >= 15 is 0 Å². The van der Waals surface area contributed by atoms with Crippen LogP contribution in [0.4, 0.5) is 13.2 Å². The third kappa shape index (κ3) is 2.46. The minimum atomic E-state index is -5.75. The molecule has 0 aromatic heterocycles. The zero-order chi connectivity index (χ0) is 15.0. The maximum Gasteiger partial charge on any atom is 0.534 e. The molecule has 0 aliphatic carbocycles. The molecule has 0 saturated heterocycles. The molecule has 0 bridgehead atoms. The lowest BCUT2D eigenvalue weighted by molar-refractivity contribution is -0.0499. The van der Waals surface area contributed by atoms with E-state index in [4.69, 9.17) is 0 Å². The van der Waals surface area contributed by atoms with Gasteiger partial charge in [0.2, 0.25) is 0 Å². The Bertz CT molecular complexity index is 766. The summed E-state index contributed by atoms with van der Waals surface area (Å²) in [5.74, 6) is -0.483. The predicted molar refractivity (Wildman–Crippen MR) is 64.9 cm³/mol. The summed E-state index contributed by atoms with van der Waals surface area (Å²) in [7, 11) is -5.75. The number of hydrogen-bond acceptors (Lipinski definition) is 4. The molecule has 20 heavy (non-hydrogen) atoms. The molecule has 0 heterocycles. The molecule has 8 heteroatoms. The van der Waals surface area contributed by atoms with Crippen LogP contribution < -0.4 is 4.18 Å². The third-order valence-electron chi connectivity index (χ3n) is 2.53. The van der Waals surface area contributed by atoms with Crippen molar-refractivity contribution in [2.75, 3.05) is 0 Å². The van der Waals surface area contributed by atoms with Crippen molar-refractivity contribution in [1.82, 2.24) is 0 Å². The van der Waals surface area contributed by atoms with Gasteiger partial charge in [-0.25, -0.2) is 0 Å². The number of fused-ring (bicyclic) bond motifs is 1. The first-order chi connectivity index (χ1) is 9.26. The molecule has 0 atom stereocenters. The lowest BCUT2D eigenvalue weighted by Crippen LogP contribution is -2.28. The number of halogens is 3. The molecule has 2 aromatic rings. The molecule has 4 nitrogen and oxygen atoms in total. The SMILES string of the molecule is O=Cc1ccc(OS(=O)(=O)C(F)(F)F)c2ccccc12. The van der Waals surface area contributed by atoms with E-state index in [1.807, 2.05) is 0 Å². The van der Waals surface area contributed by atoms with Crippen LogP contribution in [0, 0.1) is 0 Å². The Morgan fingerprint density at radius 2 is 1.60 bits per heavy atom. The number of carbonyl (C=O) groups excluding carboxylic acids is 1. The number of rotatable bonds is 3. The Balaban J connectivity index is 2.61. The number of carbonyl (C=O) groups is 1. The van der Waals surface area contributed by atoms with Gasteiger partial charge in [0.1, 0.15) is 0 Å². The highest BCUT2D eigenvalue weighted by Gasteiger charge is 2.48. The Morgan fingerprint density at radius 3 is 2.15 bits per heavy atom. The van der Waals surface area contributed by atoms with Gasteiger partial charge in [0.25, 0.3) is 0 Å².